The van der Waals surface area contributed by atoms with Gasteiger partial charge in [-0.3, -0.25) is 4.79 Å². The highest BCUT2D eigenvalue weighted by atomic mass is 32.2. The Morgan fingerprint density at radius 3 is 2.81 bits per heavy atom. The molecule has 16 heavy (non-hydrogen) atoms. The summed E-state index contributed by atoms with van der Waals surface area (Å²) in [4.78, 5) is 10.5. The van der Waals surface area contributed by atoms with E-state index >= 15 is 0 Å². The standard InChI is InChI=1S/C10H15N3O2S/c1-2-13-9(7-4-3-5-7)11-12-10(13)16-6-8(14)15/h7H,2-6H2,1H3,(H,14,15). The fraction of sp³-hybridized carbons (Fsp3) is 0.700. The number of aliphatic carboxylic acids is 1. The zero-order valence-corrected chi connectivity index (χ0v) is 10.0. The minimum atomic E-state index is -0.819. The van der Waals surface area contributed by atoms with Crippen LogP contribution in [0.25, 0.3) is 0 Å². The number of aromatic nitrogens is 3. The fourth-order valence-electron chi connectivity index (χ4n) is 1.80. The summed E-state index contributed by atoms with van der Waals surface area (Å²) in [6, 6.07) is 0. The first-order valence-electron chi connectivity index (χ1n) is 5.50. The zero-order chi connectivity index (χ0) is 11.5. The monoisotopic (exact) mass is 241 g/mol. The van der Waals surface area contributed by atoms with Crippen LogP contribution in [0.1, 0.15) is 37.9 Å². The number of hydrogen-bond acceptors (Lipinski definition) is 4. The number of rotatable bonds is 5. The molecule has 1 aliphatic rings. The number of nitrogens with zero attached hydrogens (tertiary/aromatic N) is 3. The van der Waals surface area contributed by atoms with E-state index in [0.29, 0.717) is 5.92 Å². The molecular formula is C10H15N3O2S. The van der Waals surface area contributed by atoms with Crippen LogP contribution in [-0.4, -0.2) is 31.6 Å². The Balaban J connectivity index is 2.12. The van der Waals surface area contributed by atoms with Gasteiger partial charge >= 0.3 is 5.97 Å². The third kappa shape index (κ3) is 2.21. The molecular weight excluding hydrogens is 226 g/mol. The molecule has 1 aliphatic carbocycles. The molecule has 5 nitrogen and oxygen atoms in total. The van der Waals surface area contributed by atoms with Gasteiger partial charge in [0, 0.05) is 12.5 Å². The Labute approximate surface area is 98.3 Å². The summed E-state index contributed by atoms with van der Waals surface area (Å²) < 4.78 is 2.04. The third-order valence-electron chi connectivity index (χ3n) is 2.86. The van der Waals surface area contributed by atoms with Gasteiger partial charge in [-0.25, -0.2) is 0 Å². The first kappa shape index (κ1) is 11.4. The molecule has 0 atom stereocenters. The molecule has 0 radical (unpaired) electrons. The topological polar surface area (TPSA) is 68.0 Å². The maximum Gasteiger partial charge on any atom is 0.313 e. The Morgan fingerprint density at radius 2 is 2.31 bits per heavy atom. The quantitative estimate of drug-likeness (QED) is 0.795. The van der Waals surface area contributed by atoms with Crippen molar-refractivity contribution in [1.82, 2.24) is 14.8 Å². The van der Waals surface area contributed by atoms with Crippen molar-refractivity contribution in [2.75, 3.05) is 5.75 Å². The molecule has 1 aromatic rings. The average Bonchev–Trinajstić information content (AvgIpc) is 2.55. The molecule has 0 saturated heterocycles. The molecule has 2 rings (SSSR count). The molecule has 1 saturated carbocycles. The van der Waals surface area contributed by atoms with Gasteiger partial charge < -0.3 is 9.67 Å². The minimum absolute atomic E-state index is 0.0444. The first-order chi connectivity index (χ1) is 7.72. The lowest BCUT2D eigenvalue weighted by Crippen LogP contribution is -2.15. The van der Waals surface area contributed by atoms with Crippen molar-refractivity contribution in [3.63, 3.8) is 0 Å². The van der Waals surface area contributed by atoms with E-state index in [0.717, 1.165) is 17.5 Å². The van der Waals surface area contributed by atoms with Crippen LogP contribution in [0.15, 0.2) is 5.16 Å². The van der Waals surface area contributed by atoms with E-state index in [4.69, 9.17) is 5.11 Å². The van der Waals surface area contributed by atoms with Gasteiger partial charge in [-0.05, 0) is 19.8 Å². The van der Waals surface area contributed by atoms with E-state index in [-0.39, 0.29) is 5.75 Å². The summed E-state index contributed by atoms with van der Waals surface area (Å²) in [7, 11) is 0. The number of thioether (sulfide) groups is 1. The second kappa shape index (κ2) is 4.86. The van der Waals surface area contributed by atoms with Crippen LogP contribution < -0.4 is 0 Å². The van der Waals surface area contributed by atoms with E-state index in [1.165, 1.54) is 31.0 Å². The highest BCUT2D eigenvalue weighted by Crippen LogP contribution is 2.36. The lowest BCUT2D eigenvalue weighted by molar-refractivity contribution is -0.133. The van der Waals surface area contributed by atoms with Gasteiger partial charge in [-0.1, -0.05) is 18.2 Å². The highest BCUT2D eigenvalue weighted by molar-refractivity contribution is 7.99. The molecule has 0 aliphatic heterocycles. The molecule has 1 aromatic heterocycles. The minimum Gasteiger partial charge on any atom is -0.481 e. The Hall–Kier alpha value is -1.04. The molecule has 0 unspecified atom stereocenters. The Kier molecular flexibility index (Phi) is 3.48. The molecule has 1 heterocycles. The molecule has 0 amide bonds. The molecule has 1 fully saturated rings. The summed E-state index contributed by atoms with van der Waals surface area (Å²) in [6.07, 6.45) is 3.63. The SMILES string of the molecule is CCn1c(SCC(=O)O)nnc1C1CCC1. The van der Waals surface area contributed by atoms with Crippen LogP contribution in [0.2, 0.25) is 0 Å². The summed E-state index contributed by atoms with van der Waals surface area (Å²) >= 11 is 1.24. The van der Waals surface area contributed by atoms with Gasteiger partial charge in [0.25, 0.3) is 0 Å². The van der Waals surface area contributed by atoms with E-state index in [1.807, 2.05) is 11.5 Å². The van der Waals surface area contributed by atoms with Gasteiger partial charge in [-0.15, -0.1) is 10.2 Å². The molecule has 0 aromatic carbocycles. The number of hydrogen-bond donors (Lipinski definition) is 1. The maximum absolute atomic E-state index is 10.5. The van der Waals surface area contributed by atoms with Gasteiger partial charge in [0.1, 0.15) is 5.82 Å². The smallest absolute Gasteiger partial charge is 0.313 e. The fourth-order valence-corrected chi connectivity index (χ4v) is 2.53. The molecule has 1 N–H and O–H groups in total. The molecule has 6 heteroatoms. The molecule has 0 spiro atoms. The summed E-state index contributed by atoms with van der Waals surface area (Å²) in [6.45, 7) is 2.84. The van der Waals surface area contributed by atoms with Crippen molar-refractivity contribution in [3.05, 3.63) is 5.82 Å². The number of carbonyl (C=O) groups is 1. The van der Waals surface area contributed by atoms with Crippen molar-refractivity contribution in [3.8, 4) is 0 Å². The first-order valence-corrected chi connectivity index (χ1v) is 6.48. The van der Waals surface area contributed by atoms with Crippen molar-refractivity contribution in [1.29, 1.82) is 0 Å². The maximum atomic E-state index is 10.5. The largest absolute Gasteiger partial charge is 0.481 e. The van der Waals surface area contributed by atoms with E-state index in [1.54, 1.807) is 0 Å². The van der Waals surface area contributed by atoms with Crippen LogP contribution in [0, 0.1) is 0 Å². The zero-order valence-electron chi connectivity index (χ0n) is 9.22. The van der Waals surface area contributed by atoms with Crippen molar-refractivity contribution in [2.24, 2.45) is 0 Å². The van der Waals surface area contributed by atoms with Crippen LogP contribution in [-0.2, 0) is 11.3 Å². The van der Waals surface area contributed by atoms with Crippen LogP contribution in [0.4, 0.5) is 0 Å². The van der Waals surface area contributed by atoms with Crippen molar-refractivity contribution >= 4 is 17.7 Å². The predicted molar refractivity (Wildman–Crippen MR) is 60.6 cm³/mol. The average molecular weight is 241 g/mol. The van der Waals surface area contributed by atoms with Gasteiger partial charge in [0.05, 0.1) is 5.75 Å². The normalized spacial score (nSPS) is 16.1. The summed E-state index contributed by atoms with van der Waals surface area (Å²) in [5.74, 6) is 0.789. The number of carboxylic acid groups (broad SMARTS) is 1. The van der Waals surface area contributed by atoms with Gasteiger partial charge in [0.15, 0.2) is 5.16 Å². The van der Waals surface area contributed by atoms with Crippen molar-refractivity contribution < 1.29 is 9.90 Å². The van der Waals surface area contributed by atoms with Crippen molar-refractivity contribution in [2.45, 2.75) is 43.8 Å². The van der Waals surface area contributed by atoms with E-state index in [9.17, 15) is 4.79 Å². The Bertz CT molecular complexity index is 387. The van der Waals surface area contributed by atoms with E-state index in [2.05, 4.69) is 10.2 Å². The second-order valence-corrected chi connectivity index (χ2v) is 4.84. The van der Waals surface area contributed by atoms with Crippen LogP contribution in [0.3, 0.4) is 0 Å². The van der Waals surface area contributed by atoms with Gasteiger partial charge in [-0.2, -0.15) is 0 Å². The lowest BCUT2D eigenvalue weighted by Gasteiger charge is -2.24. The summed E-state index contributed by atoms with van der Waals surface area (Å²) in [5.41, 5.74) is 0. The van der Waals surface area contributed by atoms with E-state index < -0.39 is 5.97 Å². The highest BCUT2D eigenvalue weighted by Gasteiger charge is 2.26. The van der Waals surface area contributed by atoms with Crippen LogP contribution in [0.5, 0.6) is 0 Å². The summed E-state index contributed by atoms with van der Waals surface area (Å²) in [5, 5.41) is 17.6. The molecule has 0 bridgehead atoms. The Morgan fingerprint density at radius 1 is 1.56 bits per heavy atom. The second-order valence-electron chi connectivity index (χ2n) is 3.90. The van der Waals surface area contributed by atoms with Gasteiger partial charge in [0.2, 0.25) is 0 Å². The third-order valence-corrected chi connectivity index (χ3v) is 3.81. The van der Waals surface area contributed by atoms with Crippen LogP contribution >= 0.6 is 11.8 Å². The lowest BCUT2D eigenvalue weighted by atomic mass is 9.85. The molecule has 88 valence electrons. The predicted octanol–water partition coefficient (Wildman–Crippen LogP) is 1.74. The number of carboxylic acids is 1.